The van der Waals surface area contributed by atoms with Crippen LogP contribution in [0, 0.1) is 0 Å². The van der Waals surface area contributed by atoms with E-state index in [4.69, 9.17) is 0 Å². The van der Waals surface area contributed by atoms with E-state index in [2.05, 4.69) is 26.2 Å². The molecule has 4 N–H and O–H groups in total. The van der Waals surface area contributed by atoms with Gasteiger partial charge in [0.15, 0.2) is 0 Å². The van der Waals surface area contributed by atoms with Crippen molar-refractivity contribution in [3.05, 3.63) is 11.6 Å². The van der Waals surface area contributed by atoms with E-state index in [9.17, 15) is 20.1 Å². The van der Waals surface area contributed by atoms with Crippen LogP contribution >= 0.6 is 0 Å². The fourth-order valence-electron chi connectivity index (χ4n) is 7.38. The number of quaternary nitrogens is 1. The molecule has 1 rings (SSSR count). The van der Waals surface area contributed by atoms with Crippen LogP contribution in [0.1, 0.15) is 200 Å². The molecule has 0 aromatic carbocycles. The summed E-state index contributed by atoms with van der Waals surface area (Å²) in [5.74, 6) is -0.237. The molecular weight excluding hydrogens is 596 g/mol. The lowest BCUT2D eigenvalue weighted by atomic mass is 9.92. The van der Waals surface area contributed by atoms with Crippen LogP contribution in [0.15, 0.2) is 11.6 Å². The van der Waals surface area contributed by atoms with Gasteiger partial charge in [0.05, 0.1) is 39.3 Å². The summed E-state index contributed by atoms with van der Waals surface area (Å²) in [5.41, 5.74) is 0.369. The van der Waals surface area contributed by atoms with Crippen LogP contribution in [-0.4, -0.2) is 77.2 Å². The summed E-state index contributed by atoms with van der Waals surface area (Å²) in [4.78, 5) is 12.8. The molecule has 0 aromatic rings. The third-order valence-corrected chi connectivity index (χ3v) is 10.9. The van der Waals surface area contributed by atoms with E-state index in [1.54, 1.807) is 0 Å². The Morgan fingerprint density at radius 2 is 0.917 bits per heavy atom. The van der Waals surface area contributed by atoms with Crippen LogP contribution in [0.25, 0.3) is 0 Å². The molecule has 1 aliphatic rings. The molecule has 0 spiro atoms. The van der Waals surface area contributed by atoms with Gasteiger partial charge in [-0.15, -0.1) is 0 Å². The Morgan fingerprint density at radius 3 is 1.25 bits per heavy atom. The molecule has 3 atom stereocenters. The zero-order chi connectivity index (χ0) is 35.1. The van der Waals surface area contributed by atoms with Gasteiger partial charge < -0.3 is 25.1 Å². The van der Waals surface area contributed by atoms with Crippen LogP contribution in [0.3, 0.4) is 0 Å². The zero-order valence-corrected chi connectivity index (χ0v) is 32.3. The lowest BCUT2D eigenvalue weighted by molar-refractivity contribution is -0.908. The Labute approximate surface area is 298 Å². The van der Waals surface area contributed by atoms with Crippen molar-refractivity contribution >= 4 is 5.91 Å². The summed E-state index contributed by atoms with van der Waals surface area (Å²) in [5, 5.41) is 32.8. The summed E-state index contributed by atoms with van der Waals surface area (Å²) in [6, 6.07) is 0. The van der Waals surface area contributed by atoms with Gasteiger partial charge in [-0.3, -0.25) is 4.79 Å². The first-order valence-corrected chi connectivity index (χ1v) is 21.2. The highest BCUT2D eigenvalue weighted by atomic mass is 16.4. The Balaban J connectivity index is 2.30. The largest absolute Gasteiger partial charge is 0.390 e. The minimum Gasteiger partial charge on any atom is -0.390 e. The van der Waals surface area contributed by atoms with Gasteiger partial charge in [0.2, 0.25) is 5.91 Å². The molecule has 48 heavy (non-hydrogen) atoms. The maximum atomic E-state index is 12.8. The lowest BCUT2D eigenvalue weighted by Crippen LogP contribution is -2.50. The van der Waals surface area contributed by atoms with Crippen LogP contribution in [0.2, 0.25) is 0 Å². The average molecular weight is 680 g/mol. The van der Waals surface area contributed by atoms with Crippen molar-refractivity contribution < 1.29 is 24.6 Å². The first-order valence-electron chi connectivity index (χ1n) is 21.2. The summed E-state index contributed by atoms with van der Waals surface area (Å²) >= 11 is 0. The highest BCUT2D eigenvalue weighted by molar-refractivity contribution is 5.93. The highest BCUT2D eigenvalue weighted by Gasteiger charge is 2.31. The molecule has 0 unspecified atom stereocenters. The van der Waals surface area contributed by atoms with Gasteiger partial charge >= 0.3 is 0 Å². The topological polar surface area (TPSA) is 89.8 Å². The Bertz CT molecular complexity index is 741. The lowest BCUT2D eigenvalue weighted by Gasteiger charge is -2.35. The SMILES string of the molecule is CCCCCCCCCCCCCCCC[N+](C)(CCCCCCCCCCCCCCCC)CCNC(=O)C1=C[C@@H](O)[C@@H](O)[C@H](O)C1. The van der Waals surface area contributed by atoms with Crippen LogP contribution in [-0.2, 0) is 4.79 Å². The van der Waals surface area contributed by atoms with E-state index in [0.717, 1.165) is 24.1 Å². The fourth-order valence-corrected chi connectivity index (χ4v) is 7.38. The van der Waals surface area contributed by atoms with E-state index in [0.29, 0.717) is 12.1 Å². The molecule has 284 valence electrons. The molecule has 6 nitrogen and oxygen atoms in total. The number of carbonyl (C=O) groups is 1. The van der Waals surface area contributed by atoms with Gasteiger partial charge in [-0.25, -0.2) is 0 Å². The number of amides is 1. The van der Waals surface area contributed by atoms with Crippen molar-refractivity contribution in [2.45, 2.75) is 218 Å². The Morgan fingerprint density at radius 1 is 0.583 bits per heavy atom. The van der Waals surface area contributed by atoms with Gasteiger partial charge in [-0.1, -0.05) is 168 Å². The Kier molecular flexibility index (Phi) is 29.0. The quantitative estimate of drug-likeness (QED) is 0.0403. The van der Waals surface area contributed by atoms with Crippen molar-refractivity contribution in [2.24, 2.45) is 0 Å². The molecule has 0 radical (unpaired) electrons. The predicted molar refractivity (Wildman–Crippen MR) is 205 cm³/mol. The number of nitrogens with zero attached hydrogens (tertiary/aromatic N) is 1. The molecule has 0 saturated carbocycles. The predicted octanol–water partition coefficient (Wildman–Crippen LogP) is 9.92. The number of likely N-dealkylation sites (N-methyl/N-ethyl adjacent to an activating group) is 1. The monoisotopic (exact) mass is 680 g/mol. The number of hydrogen-bond donors (Lipinski definition) is 4. The third kappa shape index (κ3) is 24.2. The molecule has 1 aliphatic carbocycles. The van der Waals surface area contributed by atoms with Crippen LogP contribution in [0.4, 0.5) is 0 Å². The number of aliphatic hydroxyl groups excluding tert-OH is 3. The van der Waals surface area contributed by atoms with Crippen molar-refractivity contribution in [3.8, 4) is 0 Å². The van der Waals surface area contributed by atoms with E-state index < -0.39 is 18.3 Å². The number of nitrogens with one attached hydrogen (secondary N) is 1. The molecule has 0 heterocycles. The van der Waals surface area contributed by atoms with Gasteiger partial charge in [0.1, 0.15) is 12.2 Å². The van der Waals surface area contributed by atoms with Gasteiger partial charge in [0.25, 0.3) is 0 Å². The molecule has 0 aliphatic heterocycles. The van der Waals surface area contributed by atoms with Crippen molar-refractivity contribution in [1.82, 2.24) is 5.32 Å². The highest BCUT2D eigenvalue weighted by Crippen LogP contribution is 2.20. The molecule has 0 aromatic heterocycles. The molecule has 0 fully saturated rings. The Hall–Kier alpha value is -0.950. The second kappa shape index (κ2) is 30.8. The first kappa shape index (κ1) is 45.1. The van der Waals surface area contributed by atoms with Gasteiger partial charge in [-0.05, 0) is 31.8 Å². The fraction of sp³-hybridized carbons (Fsp3) is 0.929. The third-order valence-electron chi connectivity index (χ3n) is 10.9. The van der Waals surface area contributed by atoms with Gasteiger partial charge in [-0.2, -0.15) is 0 Å². The summed E-state index contributed by atoms with van der Waals surface area (Å²) in [7, 11) is 2.36. The van der Waals surface area contributed by atoms with Crippen molar-refractivity contribution in [1.29, 1.82) is 0 Å². The first-order chi connectivity index (χ1) is 23.3. The smallest absolute Gasteiger partial charge is 0.247 e. The second-order valence-electron chi connectivity index (χ2n) is 15.7. The van der Waals surface area contributed by atoms with Crippen molar-refractivity contribution in [2.75, 3.05) is 33.2 Å². The number of aliphatic hydroxyl groups is 3. The molecule has 1 amide bonds. The molecule has 0 saturated heterocycles. The molecular formula is C42H83N2O4+. The minimum absolute atomic E-state index is 0.0777. The zero-order valence-electron chi connectivity index (χ0n) is 32.3. The van der Waals surface area contributed by atoms with Crippen molar-refractivity contribution in [3.63, 3.8) is 0 Å². The van der Waals surface area contributed by atoms with E-state index in [-0.39, 0.29) is 12.3 Å². The number of hydrogen-bond acceptors (Lipinski definition) is 4. The summed E-state index contributed by atoms with van der Waals surface area (Å²) in [6.45, 7) is 8.35. The van der Waals surface area contributed by atoms with Crippen LogP contribution < -0.4 is 5.32 Å². The van der Waals surface area contributed by atoms with Crippen LogP contribution in [0.5, 0.6) is 0 Å². The standard InChI is InChI=1S/C42H82N2O4/c1-4-6-8-10-12-14-16-18-20-22-24-26-28-30-33-44(3,35-32-43-42(48)38-36-39(45)41(47)40(46)37-38)34-31-29-27-25-23-21-19-17-15-13-11-9-7-5-2/h36,39-41,45-47H,4-35,37H2,1-3H3/p+1/t39-,40-,41-/m1/s1. The maximum Gasteiger partial charge on any atom is 0.247 e. The number of unbranched alkanes of at least 4 members (excludes halogenated alkanes) is 26. The van der Waals surface area contributed by atoms with E-state index in [1.807, 2.05) is 0 Å². The van der Waals surface area contributed by atoms with E-state index in [1.165, 1.54) is 186 Å². The molecule has 6 heteroatoms. The normalized spacial score (nSPS) is 18.3. The van der Waals surface area contributed by atoms with Gasteiger partial charge in [0, 0.05) is 12.0 Å². The maximum absolute atomic E-state index is 12.8. The average Bonchev–Trinajstić information content (AvgIpc) is 3.07. The second-order valence-corrected chi connectivity index (χ2v) is 15.7. The summed E-state index contributed by atoms with van der Waals surface area (Å²) in [6.07, 6.45) is 36.4. The number of rotatable bonds is 34. The summed E-state index contributed by atoms with van der Waals surface area (Å²) < 4.78 is 0.986. The minimum atomic E-state index is -1.23. The number of carbonyl (C=O) groups excluding carboxylic acids is 1. The molecule has 0 bridgehead atoms. The van der Waals surface area contributed by atoms with E-state index >= 15 is 0 Å².